The van der Waals surface area contributed by atoms with Crippen LogP contribution in [0.1, 0.15) is 60.8 Å². The van der Waals surface area contributed by atoms with Crippen LogP contribution in [0.25, 0.3) is 0 Å². The van der Waals surface area contributed by atoms with Crippen LogP contribution < -0.4 is 0 Å². The number of nitrogens with zero attached hydrogens (tertiary/aromatic N) is 1. The van der Waals surface area contributed by atoms with Gasteiger partial charge < -0.3 is 0 Å². The highest BCUT2D eigenvalue weighted by Crippen LogP contribution is 2.33. The van der Waals surface area contributed by atoms with Gasteiger partial charge in [0, 0.05) is 18.1 Å². The first kappa shape index (κ1) is 13.0. The van der Waals surface area contributed by atoms with E-state index in [2.05, 4.69) is 46.4 Å². The molecule has 0 aromatic carbocycles. The summed E-state index contributed by atoms with van der Waals surface area (Å²) in [5, 5.41) is 0. The third-order valence-corrected chi connectivity index (χ3v) is 4.23. The first-order valence-corrected chi connectivity index (χ1v) is 6.72. The van der Waals surface area contributed by atoms with Gasteiger partial charge in [-0.25, -0.2) is 0 Å². The van der Waals surface area contributed by atoms with Gasteiger partial charge in [-0.3, -0.25) is 4.90 Å². The van der Waals surface area contributed by atoms with Crippen LogP contribution >= 0.6 is 0 Å². The summed E-state index contributed by atoms with van der Waals surface area (Å²) in [5.74, 6) is 1.66. The van der Waals surface area contributed by atoms with Gasteiger partial charge in [0.25, 0.3) is 0 Å². The van der Waals surface area contributed by atoms with E-state index in [0.717, 1.165) is 23.9 Å². The van der Waals surface area contributed by atoms with Crippen molar-refractivity contribution in [1.82, 2.24) is 4.90 Å². The normalized spacial score (nSPS) is 29.4. The predicted octanol–water partition coefficient (Wildman–Crippen LogP) is 3.93. The molecule has 0 bridgehead atoms. The Hall–Kier alpha value is -0.0400. The van der Waals surface area contributed by atoms with E-state index < -0.39 is 0 Å². The third kappa shape index (κ3) is 2.96. The van der Waals surface area contributed by atoms with E-state index in [0.29, 0.717) is 6.04 Å². The molecule has 90 valence electrons. The van der Waals surface area contributed by atoms with Crippen LogP contribution in [0.2, 0.25) is 0 Å². The Balaban J connectivity index is 2.73. The van der Waals surface area contributed by atoms with Crippen molar-refractivity contribution in [2.24, 2.45) is 11.8 Å². The second-order valence-electron chi connectivity index (χ2n) is 6.00. The summed E-state index contributed by atoms with van der Waals surface area (Å²) in [6, 6.07) is 2.24. The van der Waals surface area contributed by atoms with Gasteiger partial charge in [-0.1, -0.05) is 27.2 Å². The fourth-order valence-electron chi connectivity index (χ4n) is 3.07. The fraction of sp³-hybridized carbons (Fsp3) is 1.00. The summed E-state index contributed by atoms with van der Waals surface area (Å²) in [4.78, 5) is 2.77. The summed E-state index contributed by atoms with van der Waals surface area (Å²) in [6.45, 7) is 14.2. The number of hydrogen-bond acceptors (Lipinski definition) is 1. The van der Waals surface area contributed by atoms with E-state index in [-0.39, 0.29) is 0 Å². The molecule has 1 aliphatic carbocycles. The SMILES string of the molecule is CC(C)[C@H](C)N(C(C)C)[C@H]1CCCC1C. The molecule has 1 aliphatic rings. The third-order valence-electron chi connectivity index (χ3n) is 4.23. The second kappa shape index (κ2) is 5.34. The predicted molar refractivity (Wildman–Crippen MR) is 68.1 cm³/mol. The van der Waals surface area contributed by atoms with Crippen molar-refractivity contribution in [3.8, 4) is 0 Å². The van der Waals surface area contributed by atoms with Crippen molar-refractivity contribution < 1.29 is 0 Å². The van der Waals surface area contributed by atoms with Crippen molar-refractivity contribution in [2.45, 2.75) is 78.9 Å². The summed E-state index contributed by atoms with van der Waals surface area (Å²) in [7, 11) is 0. The average Bonchev–Trinajstić information content (AvgIpc) is 2.52. The first-order valence-electron chi connectivity index (χ1n) is 6.72. The van der Waals surface area contributed by atoms with Gasteiger partial charge in [-0.15, -0.1) is 0 Å². The largest absolute Gasteiger partial charge is 0.295 e. The van der Waals surface area contributed by atoms with Gasteiger partial charge in [0.15, 0.2) is 0 Å². The molecular weight excluding hydrogens is 182 g/mol. The monoisotopic (exact) mass is 211 g/mol. The Kier molecular flexibility index (Phi) is 4.64. The molecule has 1 rings (SSSR count). The quantitative estimate of drug-likeness (QED) is 0.681. The molecule has 0 spiro atoms. The van der Waals surface area contributed by atoms with E-state index in [9.17, 15) is 0 Å². The molecule has 1 heteroatoms. The minimum Gasteiger partial charge on any atom is -0.295 e. The molecule has 1 fully saturated rings. The van der Waals surface area contributed by atoms with Gasteiger partial charge in [0.2, 0.25) is 0 Å². The molecule has 15 heavy (non-hydrogen) atoms. The zero-order valence-electron chi connectivity index (χ0n) is 11.5. The number of hydrogen-bond donors (Lipinski definition) is 0. The lowest BCUT2D eigenvalue weighted by Crippen LogP contribution is -2.49. The van der Waals surface area contributed by atoms with Gasteiger partial charge in [0.1, 0.15) is 0 Å². The van der Waals surface area contributed by atoms with Crippen molar-refractivity contribution in [1.29, 1.82) is 0 Å². The van der Waals surface area contributed by atoms with Crippen LogP contribution in [0.15, 0.2) is 0 Å². The van der Waals surface area contributed by atoms with Crippen LogP contribution in [0.4, 0.5) is 0 Å². The van der Waals surface area contributed by atoms with Crippen molar-refractivity contribution in [3.05, 3.63) is 0 Å². The number of rotatable bonds is 4. The average molecular weight is 211 g/mol. The van der Waals surface area contributed by atoms with E-state index in [1.165, 1.54) is 19.3 Å². The van der Waals surface area contributed by atoms with Gasteiger partial charge in [-0.2, -0.15) is 0 Å². The van der Waals surface area contributed by atoms with E-state index in [1.807, 2.05) is 0 Å². The minimum absolute atomic E-state index is 0.688. The first-order chi connectivity index (χ1) is 6.95. The molecule has 1 saturated carbocycles. The molecule has 0 aliphatic heterocycles. The topological polar surface area (TPSA) is 3.24 Å². The van der Waals surface area contributed by atoms with Gasteiger partial charge in [0.05, 0.1) is 0 Å². The van der Waals surface area contributed by atoms with Gasteiger partial charge in [-0.05, 0) is 45.4 Å². The molecule has 0 amide bonds. The van der Waals surface area contributed by atoms with Crippen LogP contribution in [0, 0.1) is 11.8 Å². The van der Waals surface area contributed by atoms with Crippen LogP contribution in [0.3, 0.4) is 0 Å². The molecule has 0 aromatic rings. The smallest absolute Gasteiger partial charge is 0.0126 e. The maximum atomic E-state index is 2.77. The molecule has 1 nitrogen and oxygen atoms in total. The lowest BCUT2D eigenvalue weighted by atomic mass is 9.96. The molecular formula is C14H29N. The van der Waals surface area contributed by atoms with E-state index in [4.69, 9.17) is 0 Å². The Morgan fingerprint density at radius 1 is 1.00 bits per heavy atom. The lowest BCUT2D eigenvalue weighted by Gasteiger charge is -2.41. The van der Waals surface area contributed by atoms with Crippen LogP contribution in [-0.4, -0.2) is 23.0 Å². The highest BCUT2D eigenvalue weighted by atomic mass is 15.2. The maximum absolute atomic E-state index is 2.77. The molecule has 0 saturated heterocycles. The Bertz CT molecular complexity index is 186. The summed E-state index contributed by atoms with van der Waals surface area (Å²) in [5.41, 5.74) is 0. The Morgan fingerprint density at radius 3 is 1.93 bits per heavy atom. The van der Waals surface area contributed by atoms with Crippen molar-refractivity contribution in [3.63, 3.8) is 0 Å². The van der Waals surface area contributed by atoms with E-state index >= 15 is 0 Å². The molecule has 1 unspecified atom stereocenters. The maximum Gasteiger partial charge on any atom is 0.0126 e. The summed E-state index contributed by atoms with van der Waals surface area (Å²) >= 11 is 0. The van der Waals surface area contributed by atoms with Crippen molar-refractivity contribution >= 4 is 0 Å². The standard InChI is InChI=1S/C14H29N/c1-10(2)13(6)15(11(3)4)14-9-7-8-12(14)5/h10-14H,7-9H2,1-6H3/t12?,13-,14-/m0/s1. The molecule has 0 radical (unpaired) electrons. The Morgan fingerprint density at radius 2 is 1.60 bits per heavy atom. The molecule has 3 atom stereocenters. The summed E-state index contributed by atoms with van der Waals surface area (Å²) < 4.78 is 0. The fourth-order valence-corrected chi connectivity index (χ4v) is 3.07. The second-order valence-corrected chi connectivity index (χ2v) is 6.00. The lowest BCUT2D eigenvalue weighted by molar-refractivity contribution is 0.0605. The molecule has 0 aromatic heterocycles. The Labute approximate surface area is 96.2 Å². The van der Waals surface area contributed by atoms with Crippen LogP contribution in [0.5, 0.6) is 0 Å². The highest BCUT2D eigenvalue weighted by molar-refractivity contribution is 4.88. The highest BCUT2D eigenvalue weighted by Gasteiger charge is 2.33. The van der Waals surface area contributed by atoms with Gasteiger partial charge >= 0.3 is 0 Å². The zero-order chi connectivity index (χ0) is 11.6. The molecule has 0 heterocycles. The van der Waals surface area contributed by atoms with Crippen molar-refractivity contribution in [2.75, 3.05) is 0 Å². The summed E-state index contributed by atoms with van der Waals surface area (Å²) in [6.07, 6.45) is 4.27. The molecule has 0 N–H and O–H groups in total. The minimum atomic E-state index is 0.688. The van der Waals surface area contributed by atoms with Crippen LogP contribution in [-0.2, 0) is 0 Å². The van der Waals surface area contributed by atoms with E-state index in [1.54, 1.807) is 0 Å². The zero-order valence-corrected chi connectivity index (χ0v) is 11.5.